The highest BCUT2D eigenvalue weighted by Crippen LogP contribution is 2.27. The van der Waals surface area contributed by atoms with Crippen molar-refractivity contribution in [3.8, 4) is 10.8 Å². The topological polar surface area (TPSA) is 51.0 Å². The predicted molar refractivity (Wildman–Crippen MR) is 69.2 cm³/mol. The van der Waals surface area contributed by atoms with Crippen molar-refractivity contribution >= 4 is 11.3 Å². The molecule has 0 fully saturated rings. The number of thiophene rings is 1. The molecule has 0 spiro atoms. The Kier molecular flexibility index (Phi) is 4.28. The Hall–Kier alpha value is -1.20. The molecule has 0 radical (unpaired) electrons. The number of rotatable bonds is 6. The summed E-state index contributed by atoms with van der Waals surface area (Å²) in [4.78, 5) is 1.07. The van der Waals surface area contributed by atoms with E-state index in [1.807, 2.05) is 5.38 Å². The van der Waals surface area contributed by atoms with Gasteiger partial charge in [-0.1, -0.05) is 6.92 Å². The van der Waals surface area contributed by atoms with Gasteiger partial charge in [-0.2, -0.15) is 0 Å². The molecule has 0 aliphatic rings. The van der Waals surface area contributed by atoms with Crippen LogP contribution < -0.4 is 5.32 Å². The van der Waals surface area contributed by atoms with Crippen LogP contribution in [0.4, 0.5) is 0 Å². The van der Waals surface area contributed by atoms with Crippen molar-refractivity contribution in [3.05, 3.63) is 22.9 Å². The summed E-state index contributed by atoms with van der Waals surface area (Å²) >= 11 is 1.64. The Morgan fingerprint density at radius 3 is 2.94 bits per heavy atom. The molecule has 2 aromatic rings. The van der Waals surface area contributed by atoms with Crippen molar-refractivity contribution in [2.75, 3.05) is 13.1 Å². The van der Waals surface area contributed by atoms with Crippen molar-refractivity contribution in [2.24, 2.45) is 0 Å². The van der Waals surface area contributed by atoms with Crippen molar-refractivity contribution in [1.82, 2.24) is 15.5 Å². The number of nitrogens with zero attached hydrogens (tertiary/aromatic N) is 2. The number of hydrogen-bond acceptors (Lipinski definition) is 5. The van der Waals surface area contributed by atoms with Gasteiger partial charge in [0.25, 0.3) is 5.89 Å². The lowest BCUT2D eigenvalue weighted by molar-refractivity contribution is 0.495. The smallest absolute Gasteiger partial charge is 0.257 e. The summed E-state index contributed by atoms with van der Waals surface area (Å²) < 4.78 is 5.64. The van der Waals surface area contributed by atoms with Crippen molar-refractivity contribution in [1.29, 1.82) is 0 Å². The fourth-order valence-electron chi connectivity index (χ4n) is 1.54. The maximum absolute atomic E-state index is 5.64. The molecule has 0 bridgehead atoms. The summed E-state index contributed by atoms with van der Waals surface area (Å²) in [6, 6.07) is 2.06. The van der Waals surface area contributed by atoms with Crippen LogP contribution in [0, 0.1) is 6.92 Å². The van der Waals surface area contributed by atoms with E-state index < -0.39 is 0 Å². The van der Waals surface area contributed by atoms with Gasteiger partial charge in [0, 0.05) is 13.0 Å². The fourth-order valence-corrected chi connectivity index (χ4v) is 2.38. The number of nitrogens with one attached hydrogen (secondary N) is 1. The predicted octanol–water partition coefficient (Wildman–Crippen LogP) is 2.65. The van der Waals surface area contributed by atoms with Crippen LogP contribution in [0.1, 0.15) is 24.8 Å². The highest BCUT2D eigenvalue weighted by Gasteiger charge is 2.11. The maximum Gasteiger partial charge on any atom is 0.257 e. The zero-order valence-corrected chi connectivity index (χ0v) is 11.0. The average molecular weight is 251 g/mol. The van der Waals surface area contributed by atoms with E-state index in [1.165, 1.54) is 5.56 Å². The molecule has 0 aliphatic heterocycles. The molecule has 0 amide bonds. The lowest BCUT2D eigenvalue weighted by Crippen LogP contribution is -2.17. The van der Waals surface area contributed by atoms with Gasteiger partial charge in [0.2, 0.25) is 5.89 Å². The van der Waals surface area contributed by atoms with Crippen LogP contribution in [-0.4, -0.2) is 23.3 Å². The Balaban J connectivity index is 1.95. The van der Waals surface area contributed by atoms with E-state index >= 15 is 0 Å². The second-order valence-corrected chi connectivity index (χ2v) is 4.85. The van der Waals surface area contributed by atoms with E-state index in [1.54, 1.807) is 11.3 Å². The zero-order chi connectivity index (χ0) is 12.1. The van der Waals surface area contributed by atoms with Crippen molar-refractivity contribution < 1.29 is 4.42 Å². The minimum Gasteiger partial charge on any atom is -0.420 e. The summed E-state index contributed by atoms with van der Waals surface area (Å²) in [6.45, 7) is 6.12. The molecule has 2 aromatic heterocycles. The molecule has 1 N–H and O–H groups in total. The van der Waals surface area contributed by atoms with Gasteiger partial charge in [-0.3, -0.25) is 0 Å². The van der Waals surface area contributed by atoms with Gasteiger partial charge in [0.05, 0.1) is 4.88 Å². The van der Waals surface area contributed by atoms with Crippen LogP contribution in [0.2, 0.25) is 0 Å². The number of aromatic nitrogens is 2. The second-order valence-electron chi connectivity index (χ2n) is 3.93. The van der Waals surface area contributed by atoms with E-state index in [9.17, 15) is 0 Å². The molecule has 0 aromatic carbocycles. The van der Waals surface area contributed by atoms with Gasteiger partial charge >= 0.3 is 0 Å². The van der Waals surface area contributed by atoms with Gasteiger partial charge in [-0.15, -0.1) is 21.5 Å². The monoisotopic (exact) mass is 251 g/mol. The van der Waals surface area contributed by atoms with Gasteiger partial charge < -0.3 is 9.73 Å². The lowest BCUT2D eigenvalue weighted by Gasteiger charge is -1.98. The average Bonchev–Trinajstić information content (AvgIpc) is 2.93. The van der Waals surface area contributed by atoms with Crippen LogP contribution in [0.25, 0.3) is 10.8 Å². The molecule has 17 heavy (non-hydrogen) atoms. The van der Waals surface area contributed by atoms with E-state index in [4.69, 9.17) is 4.42 Å². The third-order valence-electron chi connectivity index (χ3n) is 2.47. The van der Waals surface area contributed by atoms with Crippen LogP contribution in [-0.2, 0) is 6.42 Å². The van der Waals surface area contributed by atoms with Crippen LogP contribution in [0.5, 0.6) is 0 Å². The molecule has 0 atom stereocenters. The third-order valence-corrected chi connectivity index (χ3v) is 3.47. The Morgan fingerprint density at radius 2 is 2.24 bits per heavy atom. The summed E-state index contributed by atoms with van der Waals surface area (Å²) in [5.74, 6) is 1.35. The third kappa shape index (κ3) is 3.14. The molecule has 5 heteroatoms. The first-order chi connectivity index (χ1) is 8.31. The van der Waals surface area contributed by atoms with E-state index in [0.29, 0.717) is 11.8 Å². The number of aryl methyl sites for hydroxylation is 1. The molecule has 92 valence electrons. The summed E-state index contributed by atoms with van der Waals surface area (Å²) in [5, 5.41) is 13.5. The molecule has 0 saturated heterocycles. The minimum absolute atomic E-state index is 0.642. The van der Waals surface area contributed by atoms with Gasteiger partial charge in [-0.05, 0) is 36.9 Å². The summed E-state index contributed by atoms with van der Waals surface area (Å²) in [7, 11) is 0. The summed E-state index contributed by atoms with van der Waals surface area (Å²) in [5.41, 5.74) is 1.19. The SMILES string of the molecule is CCCNCCc1nnc(-c2sccc2C)o1. The zero-order valence-electron chi connectivity index (χ0n) is 10.2. The molecule has 4 nitrogen and oxygen atoms in total. The van der Waals surface area contributed by atoms with Crippen LogP contribution in [0.15, 0.2) is 15.9 Å². The molecular formula is C12H17N3OS. The Morgan fingerprint density at radius 1 is 1.35 bits per heavy atom. The van der Waals surface area contributed by atoms with Gasteiger partial charge in [-0.25, -0.2) is 0 Å². The van der Waals surface area contributed by atoms with E-state index in [0.717, 1.165) is 30.8 Å². The summed E-state index contributed by atoms with van der Waals surface area (Å²) in [6.07, 6.45) is 1.93. The highest BCUT2D eigenvalue weighted by atomic mass is 32.1. The van der Waals surface area contributed by atoms with Gasteiger partial charge in [0.1, 0.15) is 0 Å². The lowest BCUT2D eigenvalue weighted by atomic mass is 10.3. The molecule has 0 saturated carbocycles. The standard InChI is InChI=1S/C12H17N3OS/c1-3-6-13-7-4-10-14-15-12(16-10)11-9(2)5-8-17-11/h5,8,13H,3-4,6-7H2,1-2H3. The maximum atomic E-state index is 5.64. The Labute approximate surface area is 105 Å². The Bertz CT molecular complexity index is 464. The fraction of sp³-hybridized carbons (Fsp3) is 0.500. The molecule has 0 aliphatic carbocycles. The normalized spacial score (nSPS) is 10.9. The molecule has 2 heterocycles. The largest absolute Gasteiger partial charge is 0.420 e. The second kappa shape index (κ2) is 5.93. The van der Waals surface area contributed by atoms with Crippen LogP contribution >= 0.6 is 11.3 Å². The van der Waals surface area contributed by atoms with Crippen molar-refractivity contribution in [3.63, 3.8) is 0 Å². The van der Waals surface area contributed by atoms with Crippen LogP contribution in [0.3, 0.4) is 0 Å². The van der Waals surface area contributed by atoms with Gasteiger partial charge in [0.15, 0.2) is 0 Å². The highest BCUT2D eigenvalue weighted by molar-refractivity contribution is 7.13. The number of hydrogen-bond donors (Lipinski definition) is 1. The van der Waals surface area contributed by atoms with E-state index in [-0.39, 0.29) is 0 Å². The first-order valence-corrected chi connectivity index (χ1v) is 6.76. The van der Waals surface area contributed by atoms with E-state index in [2.05, 4.69) is 35.4 Å². The minimum atomic E-state index is 0.642. The quantitative estimate of drug-likeness (QED) is 0.802. The molecule has 2 rings (SSSR count). The molecule has 0 unspecified atom stereocenters. The van der Waals surface area contributed by atoms with Crippen molar-refractivity contribution in [2.45, 2.75) is 26.7 Å². The molecular weight excluding hydrogens is 234 g/mol. The first kappa shape index (κ1) is 12.3. The first-order valence-electron chi connectivity index (χ1n) is 5.89.